The largest absolute Gasteiger partial charge is 0.354 e. The second-order valence-corrected chi connectivity index (χ2v) is 6.58. The number of hydrogen-bond donors (Lipinski definition) is 1. The predicted molar refractivity (Wildman–Crippen MR) is 109 cm³/mol. The second-order valence-electron chi connectivity index (χ2n) is 6.58. The molecule has 0 aliphatic carbocycles. The molecule has 0 aliphatic heterocycles. The van der Waals surface area contributed by atoms with Crippen molar-refractivity contribution >= 4 is 16.8 Å². The van der Waals surface area contributed by atoms with E-state index in [2.05, 4.69) is 39.1 Å². The van der Waals surface area contributed by atoms with Crippen LogP contribution < -0.4 is 5.32 Å². The van der Waals surface area contributed by atoms with Crippen molar-refractivity contribution in [1.29, 1.82) is 0 Å². The van der Waals surface area contributed by atoms with Crippen molar-refractivity contribution < 1.29 is 4.79 Å². The molecule has 4 rings (SSSR count). The first-order valence-electron chi connectivity index (χ1n) is 8.93. The van der Waals surface area contributed by atoms with Crippen LogP contribution in [0.3, 0.4) is 0 Å². The van der Waals surface area contributed by atoms with Crippen molar-refractivity contribution in [3.05, 3.63) is 72.2 Å². The van der Waals surface area contributed by atoms with Crippen LogP contribution in [0.5, 0.6) is 0 Å². The molecule has 0 saturated heterocycles. The number of aryl methyl sites for hydroxylation is 2. The molecule has 0 radical (unpaired) electrons. The van der Waals surface area contributed by atoms with Crippen LogP contribution in [-0.2, 0) is 0 Å². The van der Waals surface area contributed by atoms with Gasteiger partial charge in [0.15, 0.2) is 0 Å². The van der Waals surface area contributed by atoms with Crippen molar-refractivity contribution in [3.63, 3.8) is 0 Å². The molecule has 0 spiro atoms. The fourth-order valence-corrected chi connectivity index (χ4v) is 3.63. The van der Waals surface area contributed by atoms with Gasteiger partial charge in [0, 0.05) is 42.8 Å². The zero-order valence-electron chi connectivity index (χ0n) is 15.9. The molecule has 138 valence electrons. The van der Waals surface area contributed by atoms with E-state index in [1.54, 1.807) is 37.9 Å². The molecule has 3 heterocycles. The molecule has 6 heteroatoms. The predicted octanol–water partition coefficient (Wildman–Crippen LogP) is 3.73. The average molecular weight is 369 g/mol. The van der Waals surface area contributed by atoms with Crippen LogP contribution in [0.15, 0.2) is 55.4 Å². The zero-order chi connectivity index (χ0) is 19.7. The van der Waals surface area contributed by atoms with E-state index < -0.39 is 0 Å². The van der Waals surface area contributed by atoms with Gasteiger partial charge in [0.05, 0.1) is 5.52 Å². The smallest absolute Gasteiger partial charge is 0.269 e. The van der Waals surface area contributed by atoms with Crippen LogP contribution in [-0.4, -0.2) is 32.9 Å². The molecule has 0 atom stereocenters. The summed E-state index contributed by atoms with van der Waals surface area (Å²) in [7, 11) is 1.60. The molecule has 28 heavy (non-hydrogen) atoms. The van der Waals surface area contributed by atoms with Crippen LogP contribution >= 0.6 is 0 Å². The Hall–Kier alpha value is -3.67. The van der Waals surface area contributed by atoms with Gasteiger partial charge < -0.3 is 5.32 Å². The third-order valence-electron chi connectivity index (χ3n) is 4.85. The van der Waals surface area contributed by atoms with Gasteiger partial charge in [0.1, 0.15) is 12.0 Å². The lowest BCUT2D eigenvalue weighted by atomic mass is 9.89. The molecule has 3 aromatic heterocycles. The Labute approximate surface area is 162 Å². The van der Waals surface area contributed by atoms with Crippen LogP contribution in [0, 0.1) is 13.8 Å². The SMILES string of the molecule is CNC(=O)c1cc(-c2cncnc2)c2c(C)c(-c3ccncc3)c(C)cc2n1. The molecular weight excluding hydrogens is 350 g/mol. The Kier molecular flexibility index (Phi) is 4.53. The van der Waals surface area contributed by atoms with Crippen molar-refractivity contribution in [2.24, 2.45) is 0 Å². The number of pyridine rings is 2. The number of benzene rings is 1. The van der Waals surface area contributed by atoms with Crippen molar-refractivity contribution in [2.75, 3.05) is 7.05 Å². The first-order valence-corrected chi connectivity index (χ1v) is 8.93. The van der Waals surface area contributed by atoms with Gasteiger partial charge >= 0.3 is 0 Å². The molecule has 6 nitrogen and oxygen atoms in total. The van der Waals surface area contributed by atoms with Gasteiger partial charge in [0.25, 0.3) is 5.91 Å². The molecule has 0 saturated carbocycles. The highest BCUT2D eigenvalue weighted by atomic mass is 16.1. The maximum absolute atomic E-state index is 12.3. The summed E-state index contributed by atoms with van der Waals surface area (Å²) in [5.41, 5.74) is 7.28. The first-order chi connectivity index (χ1) is 13.6. The van der Waals surface area contributed by atoms with Crippen LogP contribution in [0.25, 0.3) is 33.2 Å². The summed E-state index contributed by atoms with van der Waals surface area (Å²) < 4.78 is 0. The van der Waals surface area contributed by atoms with Crippen molar-refractivity contribution in [2.45, 2.75) is 13.8 Å². The standard InChI is InChI=1S/C22H19N5O/c1-13-8-18-21(14(2)20(13)15-4-6-24-7-5-15)17(16-10-25-12-26-11-16)9-19(27-18)22(28)23-3/h4-12H,1-3H3,(H,23,28). The zero-order valence-corrected chi connectivity index (χ0v) is 15.9. The van der Waals surface area contributed by atoms with Gasteiger partial charge in [-0.2, -0.15) is 0 Å². The summed E-state index contributed by atoms with van der Waals surface area (Å²) in [6.07, 6.45) is 8.57. The second kappa shape index (κ2) is 7.15. The number of nitrogens with one attached hydrogen (secondary N) is 1. The maximum Gasteiger partial charge on any atom is 0.269 e. The van der Waals surface area contributed by atoms with Crippen LogP contribution in [0.1, 0.15) is 21.6 Å². The molecule has 4 aromatic rings. The fraction of sp³-hybridized carbons (Fsp3) is 0.136. The third-order valence-corrected chi connectivity index (χ3v) is 4.85. The molecule has 0 unspecified atom stereocenters. The van der Waals surface area contributed by atoms with E-state index in [1.807, 2.05) is 18.2 Å². The number of amides is 1. The van der Waals surface area contributed by atoms with E-state index in [-0.39, 0.29) is 5.91 Å². The molecule has 0 aliphatic rings. The number of hydrogen-bond acceptors (Lipinski definition) is 5. The van der Waals surface area contributed by atoms with Gasteiger partial charge in [-0.25, -0.2) is 15.0 Å². The van der Waals surface area contributed by atoms with E-state index in [0.717, 1.165) is 44.3 Å². The van der Waals surface area contributed by atoms with Crippen LogP contribution in [0.4, 0.5) is 0 Å². The van der Waals surface area contributed by atoms with E-state index in [1.165, 1.54) is 6.33 Å². The number of carbonyl (C=O) groups is 1. The third kappa shape index (κ3) is 2.99. The fourth-order valence-electron chi connectivity index (χ4n) is 3.63. The van der Waals surface area contributed by atoms with Gasteiger partial charge in [0.2, 0.25) is 0 Å². The van der Waals surface area contributed by atoms with E-state index >= 15 is 0 Å². The Bertz CT molecular complexity index is 1170. The molecule has 1 N–H and O–H groups in total. The maximum atomic E-state index is 12.3. The lowest BCUT2D eigenvalue weighted by Crippen LogP contribution is -2.19. The number of carbonyl (C=O) groups excluding carboxylic acids is 1. The molecule has 0 bridgehead atoms. The Morgan fingerprint density at radius 3 is 2.36 bits per heavy atom. The summed E-state index contributed by atoms with van der Waals surface area (Å²) in [5, 5.41) is 3.64. The minimum absolute atomic E-state index is 0.228. The molecule has 1 amide bonds. The number of fused-ring (bicyclic) bond motifs is 1. The van der Waals surface area contributed by atoms with E-state index in [4.69, 9.17) is 0 Å². The van der Waals surface area contributed by atoms with E-state index in [9.17, 15) is 4.79 Å². The number of nitrogens with zero attached hydrogens (tertiary/aromatic N) is 4. The minimum Gasteiger partial charge on any atom is -0.354 e. The molecular formula is C22H19N5O. The summed E-state index contributed by atoms with van der Waals surface area (Å²) in [4.78, 5) is 29.3. The minimum atomic E-state index is -0.228. The lowest BCUT2D eigenvalue weighted by molar-refractivity contribution is 0.0958. The Morgan fingerprint density at radius 2 is 1.68 bits per heavy atom. The summed E-state index contributed by atoms with van der Waals surface area (Å²) in [6, 6.07) is 7.83. The average Bonchev–Trinajstić information content (AvgIpc) is 2.73. The highest BCUT2D eigenvalue weighted by Gasteiger charge is 2.18. The highest BCUT2D eigenvalue weighted by Crippen LogP contribution is 2.37. The normalized spacial score (nSPS) is 10.8. The molecule has 0 fully saturated rings. The van der Waals surface area contributed by atoms with Crippen LogP contribution in [0.2, 0.25) is 0 Å². The lowest BCUT2D eigenvalue weighted by Gasteiger charge is -2.17. The van der Waals surface area contributed by atoms with Crippen molar-refractivity contribution in [1.82, 2.24) is 25.3 Å². The topological polar surface area (TPSA) is 80.7 Å². The summed E-state index contributed by atoms with van der Waals surface area (Å²) >= 11 is 0. The highest BCUT2D eigenvalue weighted by molar-refractivity contribution is 6.04. The molecule has 1 aromatic carbocycles. The Balaban J connectivity index is 2.10. The summed E-state index contributed by atoms with van der Waals surface area (Å²) in [6.45, 7) is 4.14. The van der Waals surface area contributed by atoms with Gasteiger partial charge in [-0.15, -0.1) is 0 Å². The van der Waals surface area contributed by atoms with Gasteiger partial charge in [-0.3, -0.25) is 9.78 Å². The van der Waals surface area contributed by atoms with Crippen molar-refractivity contribution in [3.8, 4) is 22.3 Å². The monoisotopic (exact) mass is 369 g/mol. The first kappa shape index (κ1) is 17.7. The number of aromatic nitrogens is 4. The van der Waals surface area contributed by atoms with Gasteiger partial charge in [-0.1, -0.05) is 0 Å². The summed E-state index contributed by atoms with van der Waals surface area (Å²) in [5.74, 6) is -0.228. The quantitative estimate of drug-likeness (QED) is 0.595. The van der Waals surface area contributed by atoms with E-state index in [0.29, 0.717) is 5.69 Å². The van der Waals surface area contributed by atoms with Gasteiger partial charge in [-0.05, 0) is 65.9 Å². The number of rotatable bonds is 3. The Morgan fingerprint density at radius 1 is 0.964 bits per heavy atom.